The van der Waals surface area contributed by atoms with Crippen molar-refractivity contribution in [3.63, 3.8) is 0 Å². The lowest BCUT2D eigenvalue weighted by Gasteiger charge is -2.35. The molecule has 0 atom stereocenters. The van der Waals surface area contributed by atoms with Crippen molar-refractivity contribution >= 4 is 12.1 Å². The van der Waals surface area contributed by atoms with E-state index in [2.05, 4.69) is 45.0 Å². The van der Waals surface area contributed by atoms with Crippen molar-refractivity contribution in [1.29, 1.82) is 0 Å². The first-order valence-corrected chi connectivity index (χ1v) is 22.1. The number of phenols is 3. The first kappa shape index (κ1) is 51.6. The van der Waals surface area contributed by atoms with Gasteiger partial charge in [0.15, 0.2) is 6.17 Å². The van der Waals surface area contributed by atoms with Crippen LogP contribution in [0.25, 0.3) is 0 Å². The number of methoxy groups -OCH3 is 6. The fraction of sp³-hybridized carbons (Fsp3) is 0.490. The van der Waals surface area contributed by atoms with Gasteiger partial charge >= 0.3 is 12.1 Å². The van der Waals surface area contributed by atoms with Gasteiger partial charge in [0.25, 0.3) is 0 Å². The number of fused-ring (bicyclic) bond motifs is 1. The number of likely N-dealkylation sites (N-methyl/N-ethyl adjacent to an activating group) is 2. The Kier molecular flexibility index (Phi) is 17.1. The van der Waals surface area contributed by atoms with Crippen molar-refractivity contribution in [2.75, 3.05) is 69.2 Å². The summed E-state index contributed by atoms with van der Waals surface area (Å²) < 4.78 is 31.9. The molecule has 0 bridgehead atoms. The second kappa shape index (κ2) is 21.9. The summed E-state index contributed by atoms with van der Waals surface area (Å²) in [4.78, 5) is 31.4. The Morgan fingerprint density at radius 2 is 0.803 bits per heavy atom. The van der Waals surface area contributed by atoms with Gasteiger partial charge < -0.3 is 53.5 Å². The average molecular weight is 915 g/mol. The zero-order chi connectivity index (χ0) is 48.7. The van der Waals surface area contributed by atoms with Crippen molar-refractivity contribution < 1.29 is 53.3 Å². The van der Waals surface area contributed by atoms with Crippen LogP contribution in [0.1, 0.15) is 95.8 Å². The third kappa shape index (κ3) is 9.83. The molecule has 0 aromatic heterocycles. The van der Waals surface area contributed by atoms with Crippen LogP contribution < -0.4 is 0 Å². The second-order valence-electron chi connectivity index (χ2n) is 17.5. The van der Waals surface area contributed by atoms with E-state index in [1.165, 1.54) is 14.2 Å². The van der Waals surface area contributed by atoms with E-state index in [0.717, 1.165) is 38.9 Å². The quantitative estimate of drug-likeness (QED) is 0.0781. The number of amides is 4. The van der Waals surface area contributed by atoms with Gasteiger partial charge in [0.1, 0.15) is 36.9 Å². The van der Waals surface area contributed by atoms with Crippen LogP contribution in [0.3, 0.4) is 0 Å². The van der Waals surface area contributed by atoms with E-state index in [9.17, 15) is 24.9 Å². The summed E-state index contributed by atoms with van der Waals surface area (Å²) in [6, 6.07) is 20.4. The minimum atomic E-state index is -0.666. The summed E-state index contributed by atoms with van der Waals surface area (Å²) in [6.07, 6.45) is -0.648. The van der Waals surface area contributed by atoms with Crippen LogP contribution in [0.5, 0.6) is 17.2 Å². The second-order valence-corrected chi connectivity index (χ2v) is 17.5. The monoisotopic (exact) mass is 915 g/mol. The number of carbonyl (C=O) groups excluding carboxylic acids is 2. The van der Waals surface area contributed by atoms with Gasteiger partial charge in [-0.3, -0.25) is 9.80 Å². The number of aromatic hydroxyl groups is 3. The van der Waals surface area contributed by atoms with Gasteiger partial charge in [0.2, 0.25) is 0 Å². The van der Waals surface area contributed by atoms with Crippen molar-refractivity contribution in [3.8, 4) is 17.2 Å². The molecule has 0 radical (unpaired) electrons. The van der Waals surface area contributed by atoms with Crippen molar-refractivity contribution in [2.45, 2.75) is 98.1 Å². The molecular weight excluding hydrogens is 845 g/mol. The van der Waals surface area contributed by atoms with Crippen LogP contribution in [0.4, 0.5) is 9.59 Å². The Labute approximate surface area is 390 Å². The van der Waals surface area contributed by atoms with Crippen LogP contribution in [-0.4, -0.2) is 129 Å². The van der Waals surface area contributed by atoms with Crippen LogP contribution in [0, 0.1) is 13.8 Å². The number of urea groups is 2. The maximum atomic E-state index is 12.4. The molecule has 0 unspecified atom stereocenters. The van der Waals surface area contributed by atoms with Crippen molar-refractivity contribution in [1.82, 2.24) is 19.6 Å². The van der Waals surface area contributed by atoms with Crippen LogP contribution in [0.2, 0.25) is 0 Å². The fourth-order valence-corrected chi connectivity index (χ4v) is 9.30. The first-order valence-electron chi connectivity index (χ1n) is 22.1. The molecule has 2 saturated heterocycles. The van der Waals surface area contributed by atoms with E-state index in [1.54, 1.807) is 48.0 Å². The van der Waals surface area contributed by atoms with Crippen LogP contribution >= 0.6 is 0 Å². The van der Waals surface area contributed by atoms with Gasteiger partial charge in [0, 0.05) is 88.8 Å². The molecule has 4 amide bonds. The standard InChI is InChI=1S/C39H48O7.C12H22N4O4/c1-24-14-33(18-26(20-43-6)35(24)40)39(5,34-15-25(2)36(41)27(19-34)21-44-7)31-12-10-30(11-13-31)38(3,4)32-16-28(22-45-8)37(42)29(17-32)23-46-9;1-5-13-9-10(15(7-19-3)11(13)17)16(8-20-4)12(18)14(9)6-2/h10-19,40-42H,20-23H2,1-9H3;9-10H,5-8H2,1-4H3. The first-order chi connectivity index (χ1) is 31.4. The lowest BCUT2D eigenvalue weighted by molar-refractivity contribution is -0.00235. The van der Waals surface area contributed by atoms with Gasteiger partial charge in [-0.25, -0.2) is 9.59 Å². The number of hydrogen-bond acceptors (Lipinski definition) is 11. The molecule has 0 spiro atoms. The number of aryl methyl sites for hydroxylation is 2. The molecule has 0 aliphatic carbocycles. The van der Waals surface area contributed by atoms with Crippen LogP contribution in [0.15, 0.2) is 60.7 Å². The minimum absolute atomic E-state index is 0.114. The molecular formula is C51H70N4O11. The fourth-order valence-electron chi connectivity index (χ4n) is 9.30. The maximum absolute atomic E-state index is 12.4. The predicted octanol–water partition coefficient (Wildman–Crippen LogP) is 8.05. The molecule has 2 aliphatic rings. The van der Waals surface area contributed by atoms with E-state index in [4.69, 9.17) is 28.4 Å². The van der Waals surface area contributed by atoms with Gasteiger partial charge in [-0.2, -0.15) is 0 Å². The molecule has 15 heteroatoms. The minimum Gasteiger partial charge on any atom is -0.507 e. The Balaban J connectivity index is 0.000000339. The van der Waals surface area contributed by atoms with Gasteiger partial charge in [0.05, 0.1) is 26.4 Å². The molecule has 6 rings (SSSR count). The topological polar surface area (TPSA) is 163 Å². The highest BCUT2D eigenvalue weighted by molar-refractivity contribution is 5.85. The summed E-state index contributed by atoms with van der Waals surface area (Å²) in [5.74, 6) is 0.645. The molecule has 15 nitrogen and oxygen atoms in total. The summed E-state index contributed by atoms with van der Waals surface area (Å²) in [5.41, 5.74) is 8.44. The molecule has 2 heterocycles. The number of benzene rings is 4. The average Bonchev–Trinajstić information content (AvgIpc) is 3.72. The zero-order valence-electron chi connectivity index (χ0n) is 41.0. The van der Waals surface area contributed by atoms with E-state index in [-0.39, 0.29) is 81.5 Å². The summed E-state index contributed by atoms with van der Waals surface area (Å²) >= 11 is 0. The highest BCUT2D eigenvalue weighted by atomic mass is 16.5. The molecule has 360 valence electrons. The highest BCUT2D eigenvalue weighted by Gasteiger charge is 2.58. The largest absolute Gasteiger partial charge is 0.507 e. The zero-order valence-corrected chi connectivity index (χ0v) is 41.0. The SMILES string of the molecule is CCN1C(=O)N(COC)C2C1N(CC)C(=O)N2COC.COCc1cc(C(C)(c2ccc(C(C)(C)c3cc(COC)c(O)c(COC)c3)cc2)c2cc(C)c(O)c(COC)c2)cc(C)c1O. The van der Waals surface area contributed by atoms with Crippen molar-refractivity contribution in [3.05, 3.63) is 122 Å². The van der Waals surface area contributed by atoms with Gasteiger partial charge in [-0.1, -0.05) is 50.2 Å². The molecule has 2 aliphatic heterocycles. The van der Waals surface area contributed by atoms with E-state index >= 15 is 0 Å². The smallest absolute Gasteiger partial charge is 0.325 e. The Hall–Kier alpha value is -5.42. The predicted molar refractivity (Wildman–Crippen MR) is 251 cm³/mol. The van der Waals surface area contributed by atoms with E-state index in [0.29, 0.717) is 35.3 Å². The molecule has 4 aromatic carbocycles. The number of rotatable bonds is 19. The normalized spacial score (nSPS) is 16.3. The third-order valence-electron chi connectivity index (χ3n) is 13.0. The van der Waals surface area contributed by atoms with Crippen molar-refractivity contribution in [2.24, 2.45) is 0 Å². The Bertz CT molecular complexity index is 2200. The lowest BCUT2D eigenvalue weighted by Crippen LogP contribution is -2.47. The highest BCUT2D eigenvalue weighted by Crippen LogP contribution is 2.45. The maximum Gasteiger partial charge on any atom is 0.325 e. The van der Waals surface area contributed by atoms with Gasteiger partial charge in [-0.15, -0.1) is 0 Å². The molecule has 2 fully saturated rings. The van der Waals surface area contributed by atoms with Gasteiger partial charge in [-0.05, 0) is 97.8 Å². The number of ether oxygens (including phenoxy) is 6. The number of hydrogen-bond donors (Lipinski definition) is 3. The van der Waals surface area contributed by atoms with Crippen LogP contribution in [-0.2, 0) is 65.7 Å². The molecule has 66 heavy (non-hydrogen) atoms. The third-order valence-corrected chi connectivity index (χ3v) is 13.0. The summed E-state index contributed by atoms with van der Waals surface area (Å²) in [5, 5.41) is 32.5. The molecule has 0 saturated carbocycles. The van der Waals surface area contributed by atoms with E-state index < -0.39 is 10.8 Å². The number of nitrogens with zero attached hydrogens (tertiary/aromatic N) is 4. The molecule has 3 N–H and O–H groups in total. The Morgan fingerprint density at radius 1 is 0.470 bits per heavy atom. The summed E-state index contributed by atoms with van der Waals surface area (Å²) in [6.45, 7) is 16.6. The van der Waals surface area contributed by atoms with E-state index in [1.807, 2.05) is 64.1 Å². The number of carbonyl (C=O) groups is 2. The number of phenolic OH excluding ortho intramolecular Hbond substituents is 3. The Morgan fingerprint density at radius 3 is 1.15 bits per heavy atom. The summed E-state index contributed by atoms with van der Waals surface area (Å²) in [7, 11) is 9.53. The lowest BCUT2D eigenvalue weighted by atomic mass is 9.68. The molecule has 4 aromatic rings.